The fourth-order valence-electron chi connectivity index (χ4n) is 3.13. The molecule has 0 fully saturated rings. The van der Waals surface area contributed by atoms with E-state index in [1.165, 1.54) is 0 Å². The molecule has 0 saturated heterocycles. The molecule has 0 N–H and O–H groups in total. The number of hydrogen-bond donors (Lipinski definition) is 0. The van der Waals surface area contributed by atoms with Crippen LogP contribution in [0.5, 0.6) is 5.75 Å². The molecule has 2 aromatic rings. The minimum absolute atomic E-state index is 0. The molecule has 0 heterocycles. The molecular formula is C25H32CuN6OS2. The van der Waals surface area contributed by atoms with Gasteiger partial charge in [-0.2, -0.15) is 10.2 Å². The summed E-state index contributed by atoms with van der Waals surface area (Å²) in [6.45, 7) is 11.1. The smallest absolute Gasteiger partial charge is 0.741 e. The summed E-state index contributed by atoms with van der Waals surface area (Å²) in [5.41, 5.74) is 2.73. The first-order chi connectivity index (χ1) is 16.5. The van der Waals surface area contributed by atoms with E-state index in [1.54, 1.807) is 7.11 Å². The van der Waals surface area contributed by atoms with Crippen LogP contribution in [-0.4, -0.2) is 64.8 Å². The van der Waals surface area contributed by atoms with E-state index < -0.39 is 0 Å². The van der Waals surface area contributed by atoms with E-state index in [9.17, 15) is 0 Å². The molecular weight excluding hydrogens is 528 g/mol. The molecule has 0 aliphatic carbocycles. The van der Waals surface area contributed by atoms with Crippen LogP contribution in [0.1, 0.15) is 38.8 Å². The van der Waals surface area contributed by atoms with Gasteiger partial charge in [0.1, 0.15) is 17.2 Å². The molecule has 191 valence electrons. The number of benzene rings is 2. The zero-order chi connectivity index (χ0) is 24.9. The number of rotatable bonds is 10. The zero-order valence-electron chi connectivity index (χ0n) is 20.7. The second-order valence-electron chi connectivity index (χ2n) is 7.10. The quantitative estimate of drug-likeness (QED) is 0.143. The molecule has 0 aliphatic heterocycles. The predicted molar refractivity (Wildman–Crippen MR) is 148 cm³/mol. The first-order valence-corrected chi connectivity index (χ1v) is 12.2. The van der Waals surface area contributed by atoms with Gasteiger partial charge in [-0.1, -0.05) is 30.3 Å². The van der Waals surface area contributed by atoms with Gasteiger partial charge >= 0.3 is 17.1 Å². The van der Waals surface area contributed by atoms with Gasteiger partial charge in [0.2, 0.25) is 0 Å². The summed E-state index contributed by atoms with van der Waals surface area (Å²) in [5, 5.41) is 18.7. The zero-order valence-corrected chi connectivity index (χ0v) is 23.3. The van der Waals surface area contributed by atoms with Crippen LogP contribution in [0.4, 0.5) is 0 Å². The maximum Gasteiger partial charge on any atom is 2.00 e. The molecule has 0 aromatic heterocycles. The Labute approximate surface area is 230 Å². The maximum absolute atomic E-state index is 5.50. The van der Waals surface area contributed by atoms with Crippen LogP contribution in [0.2, 0.25) is 0 Å². The average molecular weight is 560 g/mol. The molecule has 0 aliphatic rings. The van der Waals surface area contributed by atoms with Gasteiger partial charge in [0, 0.05) is 47.6 Å². The van der Waals surface area contributed by atoms with E-state index in [2.05, 4.69) is 20.4 Å². The van der Waals surface area contributed by atoms with Crippen LogP contribution < -0.4 is 4.74 Å². The van der Waals surface area contributed by atoms with Crippen molar-refractivity contribution in [1.82, 2.24) is 9.80 Å². The molecule has 1 radical (unpaired) electrons. The molecule has 0 bridgehead atoms. The van der Waals surface area contributed by atoms with Crippen LogP contribution in [0.15, 0.2) is 75.0 Å². The van der Waals surface area contributed by atoms with Gasteiger partial charge in [0.25, 0.3) is 0 Å². The molecule has 2 rings (SSSR count). The van der Waals surface area contributed by atoms with Gasteiger partial charge in [-0.25, -0.2) is 0 Å². The van der Waals surface area contributed by atoms with E-state index in [1.807, 2.05) is 92.1 Å². The van der Waals surface area contributed by atoms with Crippen molar-refractivity contribution in [3.8, 4) is 5.75 Å². The minimum Gasteiger partial charge on any atom is -0.741 e. The largest absolute Gasteiger partial charge is 2.00 e. The summed E-state index contributed by atoms with van der Waals surface area (Å²) in [6, 6.07) is 17.3. The molecule has 0 spiro atoms. The summed E-state index contributed by atoms with van der Waals surface area (Å²) in [6.07, 6.45) is 0. The number of nitrogens with zero attached hydrogens (tertiary/aromatic N) is 6. The number of hydrogen-bond acceptors (Lipinski definition) is 7. The van der Waals surface area contributed by atoms with E-state index in [0.29, 0.717) is 21.8 Å². The summed E-state index contributed by atoms with van der Waals surface area (Å²) in [7, 11) is 1.63. The molecule has 7 nitrogen and oxygen atoms in total. The van der Waals surface area contributed by atoms with Gasteiger partial charge in [-0.3, -0.25) is 0 Å². The second kappa shape index (κ2) is 16.2. The topological polar surface area (TPSA) is 65.2 Å². The Morgan fingerprint density at radius 3 is 1.43 bits per heavy atom. The summed E-state index contributed by atoms with van der Waals surface area (Å²) in [5.74, 6) is 0.740. The summed E-state index contributed by atoms with van der Waals surface area (Å²) < 4.78 is 5.32. The van der Waals surface area contributed by atoms with Crippen molar-refractivity contribution < 1.29 is 21.8 Å². The Hall–Kier alpha value is -2.52. The molecule has 2 aromatic carbocycles. The van der Waals surface area contributed by atoms with Crippen LogP contribution >= 0.6 is 0 Å². The third-order valence-corrected chi connectivity index (χ3v) is 5.85. The second-order valence-corrected chi connectivity index (χ2v) is 7.83. The van der Waals surface area contributed by atoms with E-state index in [0.717, 1.165) is 43.1 Å². The van der Waals surface area contributed by atoms with Crippen molar-refractivity contribution in [3.63, 3.8) is 0 Å². The van der Waals surface area contributed by atoms with E-state index in [-0.39, 0.29) is 17.1 Å². The third-order valence-electron chi connectivity index (χ3n) is 5.17. The SMILES string of the molecule is CCN(CC)C([S-])=NN=C(C(=NN=C([S-])N(CC)CC)c1ccc(OC)cc1)c1ccccc1.[Cu+2]. The van der Waals surface area contributed by atoms with Gasteiger partial charge < -0.3 is 39.8 Å². The number of amidine groups is 2. The normalized spacial score (nSPS) is 12.7. The summed E-state index contributed by atoms with van der Waals surface area (Å²) in [4.78, 5) is 3.93. The van der Waals surface area contributed by atoms with Crippen molar-refractivity contribution >= 4 is 47.0 Å². The number of ether oxygens (including phenoxy) is 1. The fraction of sp³-hybridized carbons (Fsp3) is 0.360. The Balaban J connectivity index is 0.00000612. The Morgan fingerprint density at radius 1 is 0.657 bits per heavy atom. The fourth-order valence-corrected chi connectivity index (χ4v) is 3.73. The molecule has 0 atom stereocenters. The van der Waals surface area contributed by atoms with Crippen LogP contribution in [0.3, 0.4) is 0 Å². The number of methoxy groups -OCH3 is 1. The molecule has 10 heteroatoms. The third kappa shape index (κ3) is 8.89. The first kappa shape index (κ1) is 30.5. The van der Waals surface area contributed by atoms with Crippen molar-refractivity contribution in [1.29, 1.82) is 0 Å². The maximum atomic E-state index is 5.50. The van der Waals surface area contributed by atoms with E-state index >= 15 is 0 Å². The van der Waals surface area contributed by atoms with Crippen LogP contribution in [0, 0.1) is 0 Å². The molecule has 35 heavy (non-hydrogen) atoms. The minimum atomic E-state index is 0. The van der Waals surface area contributed by atoms with Crippen molar-refractivity contribution in [3.05, 3.63) is 65.7 Å². The predicted octanol–water partition coefficient (Wildman–Crippen LogP) is 4.29. The van der Waals surface area contributed by atoms with Gasteiger partial charge in [0.05, 0.1) is 7.11 Å². The Bertz CT molecular complexity index is 1020. The Kier molecular flexibility index (Phi) is 14.1. The average Bonchev–Trinajstić information content (AvgIpc) is 2.88. The molecule has 0 unspecified atom stereocenters. The van der Waals surface area contributed by atoms with Crippen molar-refractivity contribution in [2.24, 2.45) is 20.4 Å². The van der Waals surface area contributed by atoms with E-state index in [4.69, 9.17) is 30.0 Å². The van der Waals surface area contributed by atoms with Gasteiger partial charge in [-0.15, -0.1) is 10.2 Å². The molecule has 0 saturated carbocycles. The van der Waals surface area contributed by atoms with Crippen molar-refractivity contribution in [2.75, 3.05) is 33.3 Å². The van der Waals surface area contributed by atoms with Crippen molar-refractivity contribution in [2.45, 2.75) is 27.7 Å². The molecule has 0 amide bonds. The van der Waals surface area contributed by atoms with Gasteiger partial charge in [-0.05, 0) is 52.0 Å². The van der Waals surface area contributed by atoms with Crippen LogP contribution in [0.25, 0.3) is 0 Å². The summed E-state index contributed by atoms with van der Waals surface area (Å²) >= 11 is 11.0. The first-order valence-electron chi connectivity index (χ1n) is 11.3. The monoisotopic (exact) mass is 559 g/mol. The Morgan fingerprint density at radius 2 is 1.06 bits per heavy atom. The standard InChI is InChI=1S/C25H34N6OS2.Cu/c1-6-30(7-2)24(33)28-26-22(19-13-11-10-12-14-19)23(20-15-17-21(32-5)18-16-20)27-29-25(34)31(8-3)9-4;/h10-18H,6-9H2,1-5H3,(H,28,33)(H,29,34);/q;+2/p-2. The van der Waals surface area contributed by atoms with Crippen LogP contribution in [-0.2, 0) is 42.3 Å². The van der Waals surface area contributed by atoms with Gasteiger partial charge in [0.15, 0.2) is 0 Å².